The lowest BCUT2D eigenvalue weighted by atomic mass is 9.85. The quantitative estimate of drug-likeness (QED) is 0.748. The van der Waals surface area contributed by atoms with E-state index in [1.165, 1.54) is 6.07 Å². The summed E-state index contributed by atoms with van der Waals surface area (Å²) in [6.07, 6.45) is 0.265. The van der Waals surface area contributed by atoms with Crippen molar-refractivity contribution in [3.8, 4) is 5.75 Å². The summed E-state index contributed by atoms with van der Waals surface area (Å²) in [5, 5.41) is 2.14. The summed E-state index contributed by atoms with van der Waals surface area (Å²) in [5.41, 5.74) is 0.273. The number of imide groups is 1. The molecule has 20 heavy (non-hydrogen) atoms. The van der Waals surface area contributed by atoms with Gasteiger partial charge in [0.2, 0.25) is 28.3 Å². The fourth-order valence-corrected chi connectivity index (χ4v) is 2.50. The van der Waals surface area contributed by atoms with Crippen LogP contribution in [0.3, 0.4) is 0 Å². The first-order valence-electron chi connectivity index (χ1n) is 6.19. The van der Waals surface area contributed by atoms with Crippen molar-refractivity contribution in [2.45, 2.75) is 18.9 Å². The van der Waals surface area contributed by atoms with Crippen molar-refractivity contribution >= 4 is 17.6 Å². The normalized spacial score (nSPS) is 25.8. The van der Waals surface area contributed by atoms with Gasteiger partial charge in [-0.1, -0.05) is 12.1 Å². The summed E-state index contributed by atoms with van der Waals surface area (Å²) in [4.78, 5) is 52.4. The first-order valence-corrected chi connectivity index (χ1v) is 6.19. The maximum Gasteiger partial charge on any atom is 0.331 e. The van der Waals surface area contributed by atoms with Gasteiger partial charge in [-0.15, -0.1) is 0 Å². The van der Waals surface area contributed by atoms with Gasteiger partial charge in [0.15, 0.2) is 0 Å². The number of benzene rings is 1. The molecule has 1 aromatic carbocycles. The lowest BCUT2D eigenvalue weighted by Gasteiger charge is -2.23. The van der Waals surface area contributed by atoms with Crippen LogP contribution in [0, 0.1) is 10.8 Å². The number of para-hydroxylation sites is 1. The third-order valence-electron chi connectivity index (χ3n) is 3.50. The first kappa shape index (κ1) is 12.5. The van der Waals surface area contributed by atoms with Crippen molar-refractivity contribution in [3.05, 3.63) is 34.7 Å². The van der Waals surface area contributed by atoms with Crippen LogP contribution in [0.4, 0.5) is 0 Å². The number of rotatable bonds is 1. The number of amides is 2. The van der Waals surface area contributed by atoms with Crippen LogP contribution >= 0.6 is 0 Å². The average molecular weight is 275 g/mol. The fraction of sp³-hybridized carbons (Fsp3) is 0.308. The number of hydrogen-bond acceptors (Lipinski definition) is 5. The Hall–Kier alpha value is -2.57. The molecule has 0 bridgehead atoms. The monoisotopic (exact) mass is 275 g/mol. The van der Waals surface area contributed by atoms with E-state index in [0.29, 0.717) is 0 Å². The molecule has 0 saturated carbocycles. The van der Waals surface area contributed by atoms with E-state index in [0.717, 1.165) is 0 Å². The highest BCUT2D eigenvalue weighted by atomic mass is 16.8. The van der Waals surface area contributed by atoms with Crippen molar-refractivity contribution in [2.75, 3.05) is 0 Å². The van der Waals surface area contributed by atoms with Gasteiger partial charge in [-0.05, 0) is 18.6 Å². The van der Waals surface area contributed by atoms with E-state index in [4.69, 9.17) is 4.84 Å². The molecule has 2 aliphatic heterocycles. The van der Waals surface area contributed by atoms with Crippen LogP contribution in [0.25, 0.3) is 0 Å². The number of carbonyl (C=O) groups is 3. The third kappa shape index (κ3) is 1.87. The number of hydrogen-bond donors (Lipinski definition) is 1. The number of Topliss-reactive ketones (excluding diaryl/α,β-unsaturated/α-hetero) is 1. The van der Waals surface area contributed by atoms with Crippen LogP contribution in [0.15, 0.2) is 24.3 Å². The molecule has 1 N–H and O–H groups in total. The summed E-state index contributed by atoms with van der Waals surface area (Å²) in [6, 6.07) is 5.11. The van der Waals surface area contributed by atoms with Gasteiger partial charge in [-0.25, -0.2) is 0 Å². The van der Waals surface area contributed by atoms with Gasteiger partial charge in [-0.2, -0.15) is 4.84 Å². The minimum absolute atomic E-state index is 0.107. The Balaban J connectivity index is 1.95. The van der Waals surface area contributed by atoms with Crippen molar-refractivity contribution < 1.29 is 24.1 Å². The third-order valence-corrected chi connectivity index (χ3v) is 3.50. The molecule has 2 aliphatic rings. The average Bonchev–Trinajstić information content (AvgIpc) is 2.41. The maximum atomic E-state index is 12.4. The summed E-state index contributed by atoms with van der Waals surface area (Å²) < 4.78 is 0. The first-order chi connectivity index (χ1) is 9.58. The summed E-state index contributed by atoms with van der Waals surface area (Å²) in [7, 11) is 0. The second-order valence-corrected chi connectivity index (χ2v) is 4.74. The lowest BCUT2D eigenvalue weighted by Crippen LogP contribution is -2.53. The zero-order chi connectivity index (χ0) is 14.3. The van der Waals surface area contributed by atoms with E-state index in [2.05, 4.69) is 5.32 Å². The van der Waals surface area contributed by atoms with Crippen LogP contribution in [0.2, 0.25) is 0 Å². The zero-order valence-corrected chi connectivity index (χ0v) is 10.4. The predicted octanol–water partition coefficient (Wildman–Crippen LogP) is 0.377. The standard InChI is InChI=1S/C13H10N2O5/c16-10-6-5-8(13(18)14-10)11-12(17)7-3-1-2-4-9(7)20-15(11)19/h1-4,8,11H,5-6H2/p+1. The van der Waals surface area contributed by atoms with Gasteiger partial charge in [0, 0.05) is 6.42 Å². The summed E-state index contributed by atoms with van der Waals surface area (Å²) >= 11 is 0. The number of nitrogens with one attached hydrogen (secondary N) is 1. The van der Waals surface area contributed by atoms with Crippen molar-refractivity contribution in [1.29, 1.82) is 0 Å². The Bertz CT molecular complexity index is 639. The van der Waals surface area contributed by atoms with Gasteiger partial charge >= 0.3 is 6.04 Å². The summed E-state index contributed by atoms with van der Waals surface area (Å²) in [6.45, 7) is 0. The van der Waals surface area contributed by atoms with E-state index in [1.807, 2.05) is 0 Å². The number of piperidine rings is 1. The van der Waals surface area contributed by atoms with Crippen molar-refractivity contribution in [1.82, 2.24) is 5.32 Å². The van der Waals surface area contributed by atoms with E-state index in [-0.39, 0.29) is 29.1 Å². The molecule has 2 atom stereocenters. The molecule has 0 aromatic heterocycles. The molecule has 1 aromatic rings. The van der Waals surface area contributed by atoms with E-state index in [9.17, 15) is 19.3 Å². The Kier molecular flexibility index (Phi) is 2.81. The van der Waals surface area contributed by atoms with Crippen LogP contribution in [-0.2, 0) is 9.59 Å². The minimum atomic E-state index is -1.25. The molecule has 3 rings (SSSR count). The second-order valence-electron chi connectivity index (χ2n) is 4.74. The minimum Gasteiger partial charge on any atom is -0.296 e. The molecule has 2 amide bonds. The maximum absolute atomic E-state index is 12.4. The van der Waals surface area contributed by atoms with Crippen LogP contribution in [0.1, 0.15) is 23.2 Å². The van der Waals surface area contributed by atoms with Crippen molar-refractivity contribution in [3.63, 3.8) is 0 Å². The number of ketones is 1. The number of carbonyl (C=O) groups excluding carboxylic acids is 3. The predicted molar refractivity (Wildman–Crippen MR) is 64.7 cm³/mol. The van der Waals surface area contributed by atoms with Gasteiger partial charge in [-0.3, -0.25) is 19.7 Å². The fourth-order valence-electron chi connectivity index (χ4n) is 2.50. The molecule has 2 unspecified atom stereocenters. The molecule has 1 saturated heterocycles. The number of fused-ring (bicyclic) bond motifs is 1. The molecule has 102 valence electrons. The Morgan fingerprint density at radius 2 is 1.95 bits per heavy atom. The SMILES string of the molecule is O=C1CCC(C2C(=O)c3ccccc3O[N+]2=O)C(=O)N1. The Morgan fingerprint density at radius 3 is 2.70 bits per heavy atom. The summed E-state index contributed by atoms with van der Waals surface area (Å²) in [5.74, 6) is -2.17. The van der Waals surface area contributed by atoms with Crippen LogP contribution in [0.5, 0.6) is 5.75 Å². The Labute approximate surface area is 113 Å². The smallest absolute Gasteiger partial charge is 0.296 e. The van der Waals surface area contributed by atoms with E-state index < -0.39 is 29.6 Å². The van der Waals surface area contributed by atoms with Gasteiger partial charge in [0.25, 0.3) is 0 Å². The van der Waals surface area contributed by atoms with Gasteiger partial charge in [0.1, 0.15) is 5.92 Å². The van der Waals surface area contributed by atoms with E-state index in [1.54, 1.807) is 18.2 Å². The Morgan fingerprint density at radius 1 is 1.20 bits per heavy atom. The highest BCUT2D eigenvalue weighted by Crippen LogP contribution is 2.30. The molecule has 7 nitrogen and oxygen atoms in total. The molecule has 1 fully saturated rings. The molecule has 2 heterocycles. The highest BCUT2D eigenvalue weighted by molar-refractivity contribution is 6.07. The number of nitrogens with zero attached hydrogens (tertiary/aromatic N) is 1. The second kappa shape index (κ2) is 4.52. The molecule has 0 radical (unpaired) electrons. The zero-order valence-electron chi connectivity index (χ0n) is 10.4. The van der Waals surface area contributed by atoms with Gasteiger partial charge in [0.05, 0.1) is 10.5 Å². The van der Waals surface area contributed by atoms with E-state index >= 15 is 0 Å². The van der Waals surface area contributed by atoms with Crippen molar-refractivity contribution in [2.24, 2.45) is 5.92 Å². The highest BCUT2D eigenvalue weighted by Gasteiger charge is 2.53. The largest absolute Gasteiger partial charge is 0.331 e. The molecular weight excluding hydrogens is 264 g/mol. The topological polar surface area (TPSA) is 92.6 Å². The van der Waals surface area contributed by atoms with Gasteiger partial charge < -0.3 is 0 Å². The molecule has 0 spiro atoms. The van der Waals surface area contributed by atoms with Crippen LogP contribution < -0.4 is 10.2 Å². The van der Waals surface area contributed by atoms with Crippen LogP contribution in [-0.4, -0.2) is 28.6 Å². The molecule has 0 aliphatic carbocycles. The molecule has 7 heteroatoms. The lowest BCUT2D eigenvalue weighted by molar-refractivity contribution is -0.781. The molecular formula is C13H11N2O5+.